The molecule has 0 aromatic rings. The second kappa shape index (κ2) is 6.24. The Balaban J connectivity index is 1.85. The largest absolute Gasteiger partial charge is 0.342 e. The zero-order valence-corrected chi connectivity index (χ0v) is 10.2. The fourth-order valence-corrected chi connectivity index (χ4v) is 2.79. The molecule has 2 heterocycles. The van der Waals surface area contributed by atoms with Gasteiger partial charge in [-0.15, -0.1) is 0 Å². The summed E-state index contributed by atoms with van der Waals surface area (Å²) in [6.45, 7) is 4.04. The van der Waals surface area contributed by atoms with Crippen LogP contribution in [0.25, 0.3) is 0 Å². The standard InChI is InChI=1S/C13H24N2O/c16-13(12-6-8-14-9-7-12)15-10-4-2-1-3-5-11-15/h12,14H,1-11H2. The molecule has 3 nitrogen and oxygen atoms in total. The molecule has 2 saturated heterocycles. The zero-order valence-electron chi connectivity index (χ0n) is 10.2. The molecule has 0 radical (unpaired) electrons. The lowest BCUT2D eigenvalue weighted by Gasteiger charge is -2.30. The van der Waals surface area contributed by atoms with Crippen LogP contribution in [0.15, 0.2) is 0 Å². The van der Waals surface area contributed by atoms with Crippen molar-refractivity contribution in [2.75, 3.05) is 26.2 Å². The van der Waals surface area contributed by atoms with Crippen molar-refractivity contribution in [2.45, 2.75) is 44.9 Å². The van der Waals surface area contributed by atoms with Crippen molar-refractivity contribution in [1.82, 2.24) is 10.2 Å². The van der Waals surface area contributed by atoms with Gasteiger partial charge in [-0.2, -0.15) is 0 Å². The Kier molecular flexibility index (Phi) is 4.64. The van der Waals surface area contributed by atoms with E-state index in [-0.39, 0.29) is 0 Å². The molecule has 0 aromatic carbocycles. The van der Waals surface area contributed by atoms with E-state index < -0.39 is 0 Å². The fourth-order valence-electron chi connectivity index (χ4n) is 2.79. The molecule has 0 bridgehead atoms. The van der Waals surface area contributed by atoms with Crippen molar-refractivity contribution < 1.29 is 4.79 Å². The number of rotatable bonds is 1. The molecule has 1 N–H and O–H groups in total. The minimum absolute atomic E-state index is 0.306. The van der Waals surface area contributed by atoms with Crippen LogP contribution in [0.1, 0.15) is 44.9 Å². The van der Waals surface area contributed by atoms with E-state index in [4.69, 9.17) is 0 Å². The second-order valence-corrected chi connectivity index (χ2v) is 5.12. The summed E-state index contributed by atoms with van der Waals surface area (Å²) in [7, 11) is 0. The van der Waals surface area contributed by atoms with Crippen LogP contribution in [0.5, 0.6) is 0 Å². The first-order chi connectivity index (χ1) is 7.88. The highest BCUT2D eigenvalue weighted by atomic mass is 16.2. The van der Waals surface area contributed by atoms with Gasteiger partial charge in [-0.3, -0.25) is 4.79 Å². The summed E-state index contributed by atoms with van der Waals surface area (Å²) in [5.41, 5.74) is 0. The molecule has 0 saturated carbocycles. The third-order valence-electron chi connectivity index (χ3n) is 3.86. The summed E-state index contributed by atoms with van der Waals surface area (Å²) >= 11 is 0. The SMILES string of the molecule is O=C(C1CCNCC1)N1CCCCCCC1. The van der Waals surface area contributed by atoms with E-state index in [1.165, 1.54) is 32.1 Å². The molecule has 16 heavy (non-hydrogen) atoms. The van der Waals surface area contributed by atoms with E-state index in [9.17, 15) is 4.79 Å². The maximum atomic E-state index is 12.3. The molecule has 0 unspecified atom stereocenters. The molecule has 2 fully saturated rings. The van der Waals surface area contributed by atoms with Gasteiger partial charge < -0.3 is 10.2 Å². The molecule has 0 aromatic heterocycles. The molecular weight excluding hydrogens is 200 g/mol. The van der Waals surface area contributed by atoms with Crippen molar-refractivity contribution in [3.8, 4) is 0 Å². The van der Waals surface area contributed by atoms with Crippen molar-refractivity contribution in [1.29, 1.82) is 0 Å². The lowest BCUT2D eigenvalue weighted by atomic mass is 9.96. The molecule has 2 aliphatic rings. The average molecular weight is 224 g/mol. The van der Waals surface area contributed by atoms with Gasteiger partial charge in [0.25, 0.3) is 0 Å². The summed E-state index contributed by atoms with van der Waals surface area (Å²) in [6.07, 6.45) is 8.44. The second-order valence-electron chi connectivity index (χ2n) is 5.12. The Hall–Kier alpha value is -0.570. The maximum Gasteiger partial charge on any atom is 0.225 e. The number of amides is 1. The highest BCUT2D eigenvalue weighted by Gasteiger charge is 2.25. The summed E-state index contributed by atoms with van der Waals surface area (Å²) in [5.74, 6) is 0.740. The molecule has 0 spiro atoms. The van der Waals surface area contributed by atoms with E-state index in [0.717, 1.165) is 39.0 Å². The molecule has 3 heteroatoms. The Morgan fingerprint density at radius 1 is 0.938 bits per heavy atom. The van der Waals surface area contributed by atoms with E-state index in [1.54, 1.807) is 0 Å². The number of piperidine rings is 1. The molecular formula is C13H24N2O. The van der Waals surface area contributed by atoms with Crippen molar-refractivity contribution in [3.05, 3.63) is 0 Å². The van der Waals surface area contributed by atoms with Crippen molar-refractivity contribution in [3.63, 3.8) is 0 Å². The Morgan fingerprint density at radius 3 is 2.12 bits per heavy atom. The lowest BCUT2D eigenvalue weighted by molar-refractivity contribution is -0.136. The van der Waals surface area contributed by atoms with E-state index in [1.807, 2.05) is 0 Å². The first-order valence-corrected chi connectivity index (χ1v) is 6.87. The first-order valence-electron chi connectivity index (χ1n) is 6.87. The summed E-state index contributed by atoms with van der Waals surface area (Å²) in [4.78, 5) is 14.5. The molecule has 0 aliphatic carbocycles. The van der Waals surface area contributed by atoms with Gasteiger partial charge in [0, 0.05) is 19.0 Å². The number of hydrogen-bond donors (Lipinski definition) is 1. The zero-order chi connectivity index (χ0) is 11.2. The monoisotopic (exact) mass is 224 g/mol. The smallest absolute Gasteiger partial charge is 0.225 e. The van der Waals surface area contributed by atoms with Crippen LogP contribution in [0.4, 0.5) is 0 Å². The first kappa shape index (κ1) is 11.9. The van der Waals surface area contributed by atoms with Gasteiger partial charge in [0.2, 0.25) is 5.91 Å². The predicted octanol–water partition coefficient (Wildman–Crippen LogP) is 1.78. The Morgan fingerprint density at radius 2 is 1.50 bits per heavy atom. The van der Waals surface area contributed by atoms with Gasteiger partial charge in [-0.1, -0.05) is 19.3 Å². The molecule has 92 valence electrons. The number of likely N-dealkylation sites (tertiary alicyclic amines) is 1. The van der Waals surface area contributed by atoms with Crippen LogP contribution < -0.4 is 5.32 Å². The van der Waals surface area contributed by atoms with Gasteiger partial charge in [0.15, 0.2) is 0 Å². The number of carbonyl (C=O) groups excluding carboxylic acids is 1. The Labute approximate surface area is 98.6 Å². The van der Waals surface area contributed by atoms with Crippen molar-refractivity contribution >= 4 is 5.91 Å². The van der Waals surface area contributed by atoms with E-state index in [0.29, 0.717) is 11.8 Å². The highest BCUT2D eigenvalue weighted by molar-refractivity contribution is 5.79. The maximum absolute atomic E-state index is 12.3. The number of nitrogens with zero attached hydrogens (tertiary/aromatic N) is 1. The molecule has 2 aliphatic heterocycles. The normalized spacial score (nSPS) is 24.9. The van der Waals surface area contributed by atoms with Crippen LogP contribution in [-0.4, -0.2) is 37.0 Å². The number of hydrogen-bond acceptors (Lipinski definition) is 2. The Bertz CT molecular complexity index is 216. The van der Waals surface area contributed by atoms with E-state index in [2.05, 4.69) is 10.2 Å². The van der Waals surface area contributed by atoms with Crippen LogP contribution in [0, 0.1) is 5.92 Å². The topological polar surface area (TPSA) is 32.3 Å². The summed E-state index contributed by atoms with van der Waals surface area (Å²) in [6, 6.07) is 0. The van der Waals surface area contributed by atoms with Gasteiger partial charge in [0.05, 0.1) is 0 Å². The van der Waals surface area contributed by atoms with Gasteiger partial charge >= 0.3 is 0 Å². The number of nitrogens with one attached hydrogen (secondary N) is 1. The summed E-state index contributed by atoms with van der Waals surface area (Å²) in [5, 5.41) is 3.32. The molecule has 2 rings (SSSR count). The van der Waals surface area contributed by atoms with Gasteiger partial charge in [-0.25, -0.2) is 0 Å². The summed E-state index contributed by atoms with van der Waals surface area (Å²) < 4.78 is 0. The predicted molar refractivity (Wildman–Crippen MR) is 65.3 cm³/mol. The van der Waals surface area contributed by atoms with Crippen LogP contribution in [0.2, 0.25) is 0 Å². The highest BCUT2D eigenvalue weighted by Crippen LogP contribution is 2.18. The van der Waals surface area contributed by atoms with Crippen LogP contribution in [-0.2, 0) is 4.79 Å². The van der Waals surface area contributed by atoms with E-state index >= 15 is 0 Å². The van der Waals surface area contributed by atoms with Gasteiger partial charge in [0.1, 0.15) is 0 Å². The fraction of sp³-hybridized carbons (Fsp3) is 0.923. The number of carbonyl (C=O) groups is 1. The minimum Gasteiger partial charge on any atom is -0.342 e. The van der Waals surface area contributed by atoms with Crippen LogP contribution in [0.3, 0.4) is 0 Å². The van der Waals surface area contributed by atoms with Crippen molar-refractivity contribution in [2.24, 2.45) is 5.92 Å². The third-order valence-corrected chi connectivity index (χ3v) is 3.86. The lowest BCUT2D eigenvalue weighted by Crippen LogP contribution is -2.42. The van der Waals surface area contributed by atoms with Gasteiger partial charge in [-0.05, 0) is 38.8 Å². The minimum atomic E-state index is 0.306. The quantitative estimate of drug-likeness (QED) is 0.736. The van der Waals surface area contributed by atoms with Crippen LogP contribution >= 0.6 is 0 Å². The third kappa shape index (κ3) is 3.21. The molecule has 1 amide bonds. The average Bonchev–Trinajstić information content (AvgIpc) is 2.29. The molecule has 0 atom stereocenters.